The van der Waals surface area contributed by atoms with Gasteiger partial charge >= 0.3 is 0 Å². The fraction of sp³-hybridized carbons (Fsp3) is 0.500. The molecule has 0 bridgehead atoms. The second-order valence-corrected chi connectivity index (χ2v) is 8.09. The van der Waals surface area contributed by atoms with E-state index >= 15 is 0 Å². The van der Waals surface area contributed by atoms with Gasteiger partial charge in [-0.05, 0) is 18.9 Å². The summed E-state index contributed by atoms with van der Waals surface area (Å²) in [6.45, 7) is 3.16. The number of anilines is 2. The van der Waals surface area contributed by atoms with Crippen molar-refractivity contribution in [1.29, 1.82) is 0 Å². The van der Waals surface area contributed by atoms with Crippen LogP contribution in [0.5, 0.6) is 0 Å². The summed E-state index contributed by atoms with van der Waals surface area (Å²) in [4.78, 5) is 26.0. The van der Waals surface area contributed by atoms with Gasteiger partial charge in [0.25, 0.3) is 5.56 Å². The van der Waals surface area contributed by atoms with Gasteiger partial charge in [-0.25, -0.2) is 10.4 Å². The smallest absolute Gasteiger partial charge is 0.267 e. The summed E-state index contributed by atoms with van der Waals surface area (Å²) in [5.41, 5.74) is 13.6. The van der Waals surface area contributed by atoms with Crippen LogP contribution >= 0.6 is 11.6 Å². The topological polar surface area (TPSA) is 121 Å². The van der Waals surface area contributed by atoms with Crippen molar-refractivity contribution in [2.75, 3.05) is 36.6 Å². The molecule has 148 valence electrons. The Hall–Kier alpha value is -2.20. The molecule has 1 spiro atoms. The SMILES string of the molecule is N[C@@H]1COCC12CCN(c1cnc3c(n1)NNC3c1cc[nH]c(=O)c1Cl)CC2. The molecule has 0 amide bonds. The molecule has 3 aliphatic rings. The lowest BCUT2D eigenvalue weighted by atomic mass is 9.75. The highest BCUT2D eigenvalue weighted by Gasteiger charge is 2.44. The number of piperidine rings is 1. The van der Waals surface area contributed by atoms with Gasteiger partial charge in [-0.1, -0.05) is 11.6 Å². The van der Waals surface area contributed by atoms with E-state index in [4.69, 9.17) is 27.1 Å². The van der Waals surface area contributed by atoms with E-state index in [0.29, 0.717) is 18.0 Å². The maximum atomic E-state index is 11.8. The summed E-state index contributed by atoms with van der Waals surface area (Å²) >= 11 is 6.18. The van der Waals surface area contributed by atoms with Gasteiger partial charge < -0.3 is 25.8 Å². The Morgan fingerprint density at radius 3 is 2.93 bits per heavy atom. The van der Waals surface area contributed by atoms with Crippen LogP contribution < -0.4 is 27.0 Å². The van der Waals surface area contributed by atoms with Crippen LogP contribution in [0.3, 0.4) is 0 Å². The molecule has 0 saturated carbocycles. The van der Waals surface area contributed by atoms with E-state index in [1.54, 1.807) is 18.5 Å². The zero-order chi connectivity index (χ0) is 19.3. The van der Waals surface area contributed by atoms with Crippen LogP contribution in [0.4, 0.5) is 11.6 Å². The van der Waals surface area contributed by atoms with E-state index in [1.807, 2.05) is 0 Å². The average Bonchev–Trinajstić information content (AvgIpc) is 3.28. The van der Waals surface area contributed by atoms with Crippen molar-refractivity contribution < 1.29 is 4.74 Å². The van der Waals surface area contributed by atoms with Crippen LogP contribution in [0.1, 0.15) is 30.1 Å². The minimum absolute atomic E-state index is 0.0999. The molecule has 0 radical (unpaired) electrons. The maximum absolute atomic E-state index is 11.8. The second kappa shape index (κ2) is 6.70. The number of hydrazine groups is 1. The summed E-state index contributed by atoms with van der Waals surface area (Å²) in [7, 11) is 0. The third kappa shape index (κ3) is 2.77. The molecule has 2 fully saturated rings. The number of aromatic amines is 1. The van der Waals surface area contributed by atoms with Gasteiger partial charge in [0.2, 0.25) is 0 Å². The first kappa shape index (κ1) is 17.9. The fourth-order valence-corrected chi connectivity index (χ4v) is 4.57. The molecule has 2 aromatic heterocycles. The van der Waals surface area contributed by atoms with Crippen molar-refractivity contribution in [3.05, 3.63) is 45.1 Å². The standard InChI is InChI=1S/C18H22ClN7O2/c19-13-10(1-4-21-17(13)27)14-15-16(25-24-14)23-12(7-22-15)26-5-2-18(3-6-26)9-28-8-11(18)20/h1,4,7,11,14,24H,2-3,5-6,8-9,20H2,(H,21,27)(H,23,25)/t11-,14?/m1/s1. The largest absolute Gasteiger partial charge is 0.379 e. The van der Waals surface area contributed by atoms with Crippen LogP contribution in [0, 0.1) is 5.41 Å². The third-order valence-corrected chi connectivity index (χ3v) is 6.58. The molecule has 2 saturated heterocycles. The number of fused-ring (bicyclic) bond motifs is 1. The first-order valence-corrected chi connectivity index (χ1v) is 9.79. The Morgan fingerprint density at radius 1 is 1.36 bits per heavy atom. The molecule has 2 atom stereocenters. The molecule has 0 aliphatic carbocycles. The number of pyridine rings is 1. The molecule has 5 N–H and O–H groups in total. The first-order valence-electron chi connectivity index (χ1n) is 9.41. The summed E-state index contributed by atoms with van der Waals surface area (Å²) < 4.78 is 5.60. The molecule has 5 rings (SSSR count). The van der Waals surface area contributed by atoms with Crippen molar-refractivity contribution in [2.24, 2.45) is 11.1 Å². The number of rotatable bonds is 2. The maximum Gasteiger partial charge on any atom is 0.267 e. The van der Waals surface area contributed by atoms with Crippen LogP contribution in [0.15, 0.2) is 23.3 Å². The molecular weight excluding hydrogens is 382 g/mol. The second-order valence-electron chi connectivity index (χ2n) is 7.71. The van der Waals surface area contributed by atoms with E-state index in [1.165, 1.54) is 0 Å². The normalized spacial score (nSPS) is 25.7. The highest BCUT2D eigenvalue weighted by Crippen LogP contribution is 2.40. The molecule has 0 aromatic carbocycles. The van der Waals surface area contributed by atoms with Crippen LogP contribution in [-0.4, -0.2) is 47.3 Å². The monoisotopic (exact) mass is 403 g/mol. The number of nitrogens with zero attached hydrogens (tertiary/aromatic N) is 3. The summed E-state index contributed by atoms with van der Waals surface area (Å²) in [6, 6.07) is 1.56. The molecule has 2 aromatic rings. The molecule has 3 aliphatic heterocycles. The van der Waals surface area contributed by atoms with Crippen molar-refractivity contribution in [3.8, 4) is 0 Å². The quantitative estimate of drug-likeness (QED) is 0.580. The number of ether oxygens (including phenoxy) is 1. The van der Waals surface area contributed by atoms with Crippen molar-refractivity contribution >= 4 is 23.2 Å². The Kier molecular flexibility index (Phi) is 4.27. The van der Waals surface area contributed by atoms with Crippen LogP contribution in [0.2, 0.25) is 5.02 Å². The predicted octanol–water partition coefficient (Wildman–Crippen LogP) is 0.782. The number of halogens is 1. The molecule has 9 nitrogen and oxygen atoms in total. The third-order valence-electron chi connectivity index (χ3n) is 6.19. The molecule has 10 heteroatoms. The zero-order valence-corrected chi connectivity index (χ0v) is 16.0. The van der Waals surface area contributed by atoms with E-state index in [-0.39, 0.29) is 28.1 Å². The number of hydrogen-bond donors (Lipinski definition) is 4. The van der Waals surface area contributed by atoms with Gasteiger partial charge in [0.15, 0.2) is 5.82 Å². The van der Waals surface area contributed by atoms with E-state index in [9.17, 15) is 4.79 Å². The Bertz CT molecular complexity index is 957. The van der Waals surface area contributed by atoms with Gasteiger partial charge in [-0.15, -0.1) is 0 Å². The van der Waals surface area contributed by atoms with Crippen molar-refractivity contribution in [3.63, 3.8) is 0 Å². The molecule has 1 unspecified atom stereocenters. The average molecular weight is 404 g/mol. The summed E-state index contributed by atoms with van der Waals surface area (Å²) in [5, 5.41) is 0.150. The number of H-pyrrole nitrogens is 1. The molecular formula is C18H22ClN7O2. The summed E-state index contributed by atoms with van der Waals surface area (Å²) in [5.74, 6) is 1.48. The highest BCUT2D eigenvalue weighted by molar-refractivity contribution is 6.31. The minimum Gasteiger partial charge on any atom is -0.379 e. The Morgan fingerprint density at radius 2 is 2.18 bits per heavy atom. The van der Waals surface area contributed by atoms with Gasteiger partial charge in [0, 0.05) is 36.3 Å². The van der Waals surface area contributed by atoms with E-state index in [2.05, 4.69) is 25.7 Å². The van der Waals surface area contributed by atoms with E-state index in [0.717, 1.165) is 44.0 Å². The van der Waals surface area contributed by atoms with Crippen LogP contribution in [0.25, 0.3) is 0 Å². The highest BCUT2D eigenvalue weighted by atomic mass is 35.5. The van der Waals surface area contributed by atoms with Gasteiger partial charge in [-0.3, -0.25) is 9.78 Å². The lowest BCUT2D eigenvalue weighted by Gasteiger charge is -2.41. The number of nitrogens with one attached hydrogen (secondary N) is 3. The van der Waals surface area contributed by atoms with Crippen molar-refractivity contribution in [2.45, 2.75) is 24.9 Å². The van der Waals surface area contributed by atoms with Gasteiger partial charge in [0.1, 0.15) is 16.5 Å². The lowest BCUT2D eigenvalue weighted by molar-refractivity contribution is 0.131. The lowest BCUT2D eigenvalue weighted by Crippen LogP contribution is -2.49. The minimum atomic E-state index is -0.329. The van der Waals surface area contributed by atoms with Gasteiger partial charge in [-0.2, -0.15) is 0 Å². The van der Waals surface area contributed by atoms with E-state index < -0.39 is 0 Å². The molecule has 5 heterocycles. The fourth-order valence-electron chi connectivity index (χ4n) is 4.35. The first-order chi connectivity index (χ1) is 13.6. The Labute approximate surface area is 166 Å². The predicted molar refractivity (Wildman–Crippen MR) is 105 cm³/mol. The number of hydrogen-bond acceptors (Lipinski definition) is 8. The number of aromatic nitrogens is 3. The summed E-state index contributed by atoms with van der Waals surface area (Å²) in [6.07, 6.45) is 5.34. The van der Waals surface area contributed by atoms with Crippen LogP contribution in [-0.2, 0) is 4.74 Å². The Balaban J connectivity index is 1.36. The molecule has 28 heavy (non-hydrogen) atoms. The van der Waals surface area contributed by atoms with Gasteiger partial charge in [0.05, 0.1) is 25.5 Å². The number of nitrogens with two attached hydrogens (primary N) is 1. The zero-order valence-electron chi connectivity index (χ0n) is 15.2. The van der Waals surface area contributed by atoms with Crippen molar-refractivity contribution in [1.82, 2.24) is 20.4 Å².